The lowest BCUT2D eigenvalue weighted by molar-refractivity contribution is -0.120. The summed E-state index contributed by atoms with van der Waals surface area (Å²) in [6.07, 6.45) is 1.42. The van der Waals surface area contributed by atoms with E-state index in [1.165, 1.54) is 13.8 Å². The summed E-state index contributed by atoms with van der Waals surface area (Å²) in [6, 6.07) is 9.50. The molecule has 0 spiro atoms. The summed E-state index contributed by atoms with van der Waals surface area (Å²) in [5, 5.41) is 0.535. The lowest BCUT2D eigenvalue weighted by atomic mass is 10.0. The second-order valence-corrected chi connectivity index (χ2v) is 10.7. The minimum absolute atomic E-state index is 0.0233. The Balaban J connectivity index is 1.69. The number of aromatic nitrogens is 2. The van der Waals surface area contributed by atoms with Gasteiger partial charge in [-0.2, -0.15) is 4.37 Å². The highest BCUT2D eigenvalue weighted by atomic mass is 32.2. The Morgan fingerprint density at radius 2 is 1.89 bits per heavy atom. The summed E-state index contributed by atoms with van der Waals surface area (Å²) in [4.78, 5) is 17.2. The maximum Gasteiger partial charge on any atom is 0.173 e. The molecule has 1 aromatic heterocycles. The Hall–Kier alpha value is -1.64. The first kappa shape index (κ1) is 20.1. The molecule has 0 unspecified atom stereocenters. The number of ketones is 1. The van der Waals surface area contributed by atoms with Gasteiger partial charge in [0, 0.05) is 18.8 Å². The third kappa shape index (κ3) is 4.62. The monoisotopic (exact) mass is 408 g/mol. The number of rotatable bonds is 7. The van der Waals surface area contributed by atoms with Crippen molar-refractivity contribution in [2.75, 3.05) is 19.0 Å². The quantitative estimate of drug-likeness (QED) is 0.700. The Labute approximate surface area is 164 Å². The summed E-state index contributed by atoms with van der Waals surface area (Å²) in [5.74, 6) is 0.305. The molecule has 2 heterocycles. The molecular formula is C19H24N2O4S2. The van der Waals surface area contributed by atoms with Crippen LogP contribution in [0.1, 0.15) is 31.7 Å². The molecule has 146 valence electrons. The first-order valence-electron chi connectivity index (χ1n) is 9.01. The summed E-state index contributed by atoms with van der Waals surface area (Å²) < 4.78 is 33.9. The molecule has 8 heteroatoms. The van der Waals surface area contributed by atoms with Crippen molar-refractivity contribution in [1.82, 2.24) is 9.36 Å². The van der Waals surface area contributed by atoms with Crippen molar-refractivity contribution >= 4 is 27.2 Å². The first-order valence-corrected chi connectivity index (χ1v) is 11.4. The summed E-state index contributed by atoms with van der Waals surface area (Å²) in [6.45, 7) is 4.18. The van der Waals surface area contributed by atoms with Crippen LogP contribution in [0.4, 0.5) is 0 Å². The summed E-state index contributed by atoms with van der Waals surface area (Å²) in [5.41, 5.74) is 0.874. The number of hydrogen-bond acceptors (Lipinski definition) is 7. The number of benzene rings is 1. The van der Waals surface area contributed by atoms with Crippen molar-refractivity contribution in [3.05, 3.63) is 35.3 Å². The van der Waals surface area contributed by atoms with Crippen LogP contribution in [0.5, 0.6) is 0 Å². The topological polar surface area (TPSA) is 86.2 Å². The molecule has 0 radical (unpaired) electrons. The van der Waals surface area contributed by atoms with Crippen molar-refractivity contribution < 1.29 is 17.9 Å². The Morgan fingerprint density at radius 3 is 2.56 bits per heavy atom. The largest absolute Gasteiger partial charge is 0.381 e. The van der Waals surface area contributed by atoms with Gasteiger partial charge in [0.1, 0.15) is 9.75 Å². The third-order valence-corrected chi connectivity index (χ3v) is 8.46. The van der Waals surface area contributed by atoms with Gasteiger partial charge in [0.05, 0.1) is 12.2 Å². The van der Waals surface area contributed by atoms with Crippen LogP contribution in [0.25, 0.3) is 11.4 Å². The van der Waals surface area contributed by atoms with Gasteiger partial charge >= 0.3 is 0 Å². The zero-order valence-corrected chi connectivity index (χ0v) is 17.2. The molecule has 1 aromatic carbocycles. The number of nitrogens with zero attached hydrogens (tertiary/aromatic N) is 2. The fourth-order valence-corrected chi connectivity index (χ4v) is 5.44. The van der Waals surface area contributed by atoms with Gasteiger partial charge in [-0.1, -0.05) is 30.3 Å². The van der Waals surface area contributed by atoms with Crippen molar-refractivity contribution in [3.63, 3.8) is 0 Å². The second kappa shape index (κ2) is 8.16. The lowest BCUT2D eigenvalue weighted by Gasteiger charge is -2.28. The van der Waals surface area contributed by atoms with Crippen molar-refractivity contribution in [1.29, 1.82) is 0 Å². The van der Waals surface area contributed by atoms with Crippen LogP contribution < -0.4 is 0 Å². The van der Waals surface area contributed by atoms with Gasteiger partial charge in [0.25, 0.3) is 0 Å². The van der Waals surface area contributed by atoms with E-state index in [2.05, 4.69) is 9.36 Å². The first-order chi connectivity index (χ1) is 12.8. The molecule has 1 aliphatic heterocycles. The molecule has 6 nitrogen and oxygen atoms in total. The minimum atomic E-state index is -3.57. The van der Waals surface area contributed by atoms with E-state index >= 15 is 0 Å². The molecule has 0 amide bonds. The average Bonchev–Trinajstić information content (AvgIpc) is 3.11. The molecule has 0 N–H and O–H groups in total. The zero-order chi connectivity index (χ0) is 19.5. The van der Waals surface area contributed by atoms with E-state index in [4.69, 9.17) is 4.74 Å². The molecular weight excluding hydrogens is 384 g/mol. The molecule has 1 fully saturated rings. The summed E-state index contributed by atoms with van der Waals surface area (Å²) >= 11 is 1.14. The number of carbonyl (C=O) groups excluding carboxylic acids is 1. The van der Waals surface area contributed by atoms with E-state index in [9.17, 15) is 13.2 Å². The van der Waals surface area contributed by atoms with E-state index in [0.29, 0.717) is 24.0 Å². The van der Waals surface area contributed by atoms with Crippen LogP contribution in [-0.4, -0.2) is 47.3 Å². The Morgan fingerprint density at radius 1 is 1.22 bits per heavy atom. The van der Waals surface area contributed by atoms with Gasteiger partial charge in [-0.3, -0.25) is 4.79 Å². The molecule has 0 atom stereocenters. The smallest absolute Gasteiger partial charge is 0.173 e. The molecule has 27 heavy (non-hydrogen) atoms. The van der Waals surface area contributed by atoms with E-state index in [-0.39, 0.29) is 23.9 Å². The van der Waals surface area contributed by atoms with Crippen LogP contribution >= 0.6 is 11.5 Å². The van der Waals surface area contributed by atoms with E-state index in [1.807, 2.05) is 30.3 Å². The highest BCUT2D eigenvalue weighted by Crippen LogP contribution is 2.27. The maximum atomic E-state index is 12.9. The fourth-order valence-electron chi connectivity index (χ4n) is 2.99. The third-order valence-electron chi connectivity index (χ3n) is 5.06. The van der Waals surface area contributed by atoms with Gasteiger partial charge < -0.3 is 4.74 Å². The molecule has 1 aliphatic rings. The van der Waals surface area contributed by atoms with Crippen LogP contribution in [0, 0.1) is 5.92 Å². The van der Waals surface area contributed by atoms with Crippen molar-refractivity contribution in [3.8, 4) is 11.4 Å². The average molecular weight is 409 g/mol. The molecule has 3 rings (SSSR count). The molecule has 0 saturated carbocycles. The Bertz CT molecular complexity index is 885. The predicted molar refractivity (Wildman–Crippen MR) is 105 cm³/mol. The predicted octanol–water partition coefficient (Wildman–Crippen LogP) is 2.94. The normalized spacial score (nSPS) is 16.4. The standard InChI is InChI=1S/C19H24N2O4S2/c1-19(2,27(23,24)13-14-8-10-25-11-9-14)16(22)12-17-20-18(21-26-17)15-6-4-3-5-7-15/h3-7,14H,8-13H2,1-2H3. The van der Waals surface area contributed by atoms with E-state index < -0.39 is 14.6 Å². The number of sulfone groups is 1. The second-order valence-electron chi connectivity index (χ2n) is 7.33. The lowest BCUT2D eigenvalue weighted by Crippen LogP contribution is -2.44. The maximum absolute atomic E-state index is 12.9. The molecule has 0 aliphatic carbocycles. The number of hydrogen-bond donors (Lipinski definition) is 0. The van der Waals surface area contributed by atoms with Crippen molar-refractivity contribution in [2.45, 2.75) is 37.9 Å². The van der Waals surface area contributed by atoms with Gasteiger partial charge in [-0.15, -0.1) is 0 Å². The minimum Gasteiger partial charge on any atom is -0.381 e. The van der Waals surface area contributed by atoms with Gasteiger partial charge in [-0.05, 0) is 44.1 Å². The van der Waals surface area contributed by atoms with E-state index in [0.717, 1.165) is 29.9 Å². The van der Waals surface area contributed by atoms with Crippen LogP contribution in [0.15, 0.2) is 30.3 Å². The Kier molecular flexibility index (Phi) is 6.08. The highest BCUT2D eigenvalue weighted by Gasteiger charge is 2.42. The van der Waals surface area contributed by atoms with Crippen LogP contribution in [0.2, 0.25) is 0 Å². The van der Waals surface area contributed by atoms with Crippen LogP contribution in [0.3, 0.4) is 0 Å². The summed E-state index contributed by atoms with van der Waals surface area (Å²) in [7, 11) is -3.57. The van der Waals surface area contributed by atoms with E-state index in [1.54, 1.807) is 0 Å². The molecule has 0 bridgehead atoms. The van der Waals surface area contributed by atoms with Crippen LogP contribution in [-0.2, 0) is 25.8 Å². The number of carbonyl (C=O) groups is 1. The van der Waals surface area contributed by atoms with Gasteiger partial charge in [-0.25, -0.2) is 13.4 Å². The fraction of sp³-hybridized carbons (Fsp3) is 0.526. The molecule has 1 saturated heterocycles. The zero-order valence-electron chi connectivity index (χ0n) is 15.6. The van der Waals surface area contributed by atoms with Gasteiger partial charge in [0.2, 0.25) is 0 Å². The molecule has 2 aromatic rings. The van der Waals surface area contributed by atoms with Crippen molar-refractivity contribution in [2.24, 2.45) is 5.92 Å². The SMILES string of the molecule is CC(C)(C(=O)Cc1nc(-c2ccccc2)ns1)S(=O)(=O)CC1CCOCC1. The number of ether oxygens (including phenoxy) is 1. The number of Topliss-reactive ketones (excluding diaryl/α,β-unsaturated/α-hetero) is 1. The van der Waals surface area contributed by atoms with Gasteiger partial charge in [0.15, 0.2) is 21.4 Å². The highest BCUT2D eigenvalue weighted by molar-refractivity contribution is 7.93.